The number of fused-ring (bicyclic) bond motifs is 14. The Kier molecular flexibility index (Phi) is 15.6. The lowest BCUT2D eigenvalue weighted by molar-refractivity contribution is 1.17. The molecule has 19 aromatic carbocycles. The van der Waals surface area contributed by atoms with Crippen LogP contribution in [0.5, 0.6) is 0 Å². The first-order chi connectivity index (χ1) is 60.1. The summed E-state index contributed by atoms with van der Waals surface area (Å²) in [7, 11) is 0. The van der Waals surface area contributed by atoms with Crippen LogP contribution < -0.4 is 36.4 Å². The first kappa shape index (κ1) is 68.5. The Hall–Kier alpha value is -15.7. The molecular formula is C114H73B2N5. The molecule has 2 aromatic heterocycles. The lowest BCUT2D eigenvalue weighted by atomic mass is 9.32. The lowest BCUT2D eigenvalue weighted by Crippen LogP contribution is -2.74. The van der Waals surface area contributed by atoms with E-state index in [1.54, 1.807) is 0 Å². The molecule has 6 heterocycles. The van der Waals surface area contributed by atoms with E-state index in [0.29, 0.717) is 0 Å². The van der Waals surface area contributed by atoms with Gasteiger partial charge in [-0.2, -0.15) is 0 Å². The summed E-state index contributed by atoms with van der Waals surface area (Å²) in [6.07, 6.45) is 0. The second-order valence-electron chi connectivity index (χ2n) is 32.5. The van der Waals surface area contributed by atoms with Gasteiger partial charge >= 0.3 is 13.7 Å². The number of aromatic nitrogens is 2. The number of hydrogen-bond donors (Lipinski definition) is 0. The fourth-order valence-corrected chi connectivity index (χ4v) is 20.9. The van der Waals surface area contributed by atoms with Crippen LogP contribution >= 0.6 is 0 Å². The van der Waals surface area contributed by atoms with Gasteiger partial charge in [0, 0.05) is 94.7 Å². The van der Waals surface area contributed by atoms with Crippen LogP contribution in [0.3, 0.4) is 0 Å². The van der Waals surface area contributed by atoms with Gasteiger partial charge in [-0.3, -0.25) is 0 Å². The Labute approximate surface area is 703 Å². The van der Waals surface area contributed by atoms with Crippen molar-refractivity contribution in [3.63, 3.8) is 0 Å². The smallest absolute Gasteiger partial charge is 0.316 e. The molecule has 0 bridgehead atoms. The van der Waals surface area contributed by atoms with E-state index >= 15 is 0 Å². The zero-order valence-electron chi connectivity index (χ0n) is 66.0. The van der Waals surface area contributed by atoms with E-state index in [1.165, 1.54) is 93.4 Å². The second-order valence-corrected chi connectivity index (χ2v) is 32.5. The van der Waals surface area contributed by atoms with E-state index in [9.17, 15) is 0 Å². The molecule has 21 aromatic rings. The second kappa shape index (κ2) is 27.5. The van der Waals surface area contributed by atoms with Crippen molar-refractivity contribution in [3.8, 4) is 123 Å². The van der Waals surface area contributed by atoms with E-state index in [2.05, 4.69) is 467 Å². The summed E-state index contributed by atoms with van der Waals surface area (Å²) in [5.41, 5.74) is 42.5. The van der Waals surface area contributed by atoms with Gasteiger partial charge in [-0.25, -0.2) is 0 Å². The van der Waals surface area contributed by atoms with Crippen LogP contribution in [0, 0.1) is 0 Å². The molecule has 560 valence electrons. The van der Waals surface area contributed by atoms with Crippen LogP contribution in [-0.2, 0) is 0 Å². The molecule has 7 heteroatoms. The predicted octanol–water partition coefficient (Wildman–Crippen LogP) is 27.2. The van der Waals surface area contributed by atoms with Gasteiger partial charge in [0.1, 0.15) is 0 Å². The highest BCUT2D eigenvalue weighted by Crippen LogP contribution is 2.57. The maximum Gasteiger partial charge on any atom is 0.316 e. The van der Waals surface area contributed by atoms with Crippen molar-refractivity contribution in [1.82, 2.24) is 9.13 Å². The maximum atomic E-state index is 2.92. The molecule has 0 saturated carbocycles. The third kappa shape index (κ3) is 10.6. The number of benzene rings is 19. The number of nitrogens with zero attached hydrogens (tertiary/aromatic N) is 5. The minimum absolute atomic E-state index is 0.291. The largest absolute Gasteiger partial charge is 0.444 e. The number of para-hydroxylation sites is 7. The van der Waals surface area contributed by atoms with Gasteiger partial charge < -0.3 is 23.7 Å². The van der Waals surface area contributed by atoms with Crippen LogP contribution in [0.2, 0.25) is 0 Å². The SMILES string of the molecule is c1ccc(-c2cc(-c3ccccc3)cc(N(c3cc4c5c(c3)-n3c6ccccc6c6cccc(c63)B5N3B5c6c(cc(N(c7cc(-c8ccccc8)cc(-c8ccccc8)c7)c7c(-c8ccccc8)cccc7-c7ccccc7)cc6-n6c7ccccc7c7cccc5c76)-c5cccc-4c53)c3c(-c4ccccc4)cccc3-c3ccccc3)c2)cc1. The zero-order valence-corrected chi connectivity index (χ0v) is 66.0. The molecule has 0 unspecified atom stereocenters. The molecule has 4 aliphatic heterocycles. The van der Waals surface area contributed by atoms with Crippen molar-refractivity contribution in [2.24, 2.45) is 0 Å². The molecule has 4 aliphatic rings. The fraction of sp³-hybridized carbons (Fsp3) is 0. The highest BCUT2D eigenvalue weighted by molar-refractivity contribution is 7.09. The quantitative estimate of drug-likeness (QED) is 0.101. The zero-order chi connectivity index (χ0) is 79.3. The van der Waals surface area contributed by atoms with Gasteiger partial charge in [-0.05, 0) is 173 Å². The molecule has 0 spiro atoms. The molecule has 0 N–H and O–H groups in total. The molecule has 121 heavy (non-hydrogen) atoms. The van der Waals surface area contributed by atoms with Gasteiger partial charge in [-0.15, -0.1) is 0 Å². The Bertz CT molecular complexity index is 7080. The van der Waals surface area contributed by atoms with Crippen molar-refractivity contribution in [2.75, 3.05) is 14.5 Å². The molecule has 0 atom stereocenters. The Morgan fingerprint density at radius 1 is 0.190 bits per heavy atom. The highest BCUT2D eigenvalue weighted by atomic mass is 15.2. The predicted molar refractivity (Wildman–Crippen MR) is 511 cm³/mol. The summed E-state index contributed by atoms with van der Waals surface area (Å²) in [4.78, 5) is 5.27. The van der Waals surface area contributed by atoms with Gasteiger partial charge in [0.25, 0.3) is 0 Å². The summed E-state index contributed by atoms with van der Waals surface area (Å²) in [5, 5.41) is 4.91. The molecule has 5 nitrogen and oxygen atoms in total. The first-order valence-electron chi connectivity index (χ1n) is 42.0. The van der Waals surface area contributed by atoms with Gasteiger partial charge in [0.05, 0.1) is 33.4 Å². The van der Waals surface area contributed by atoms with Crippen molar-refractivity contribution in [2.45, 2.75) is 0 Å². The molecule has 0 aliphatic carbocycles. The third-order valence-electron chi connectivity index (χ3n) is 25.9. The van der Waals surface area contributed by atoms with Crippen LogP contribution in [0.25, 0.3) is 166 Å². The monoisotopic (exact) mass is 1530 g/mol. The topological polar surface area (TPSA) is 19.6 Å². The summed E-state index contributed by atoms with van der Waals surface area (Å²) >= 11 is 0. The number of anilines is 7. The molecule has 25 rings (SSSR count). The van der Waals surface area contributed by atoms with E-state index in [4.69, 9.17) is 0 Å². The maximum absolute atomic E-state index is 2.92. The van der Waals surface area contributed by atoms with Crippen LogP contribution in [-0.4, -0.2) is 22.8 Å². The summed E-state index contributed by atoms with van der Waals surface area (Å²) in [5.74, 6) is 0. The Balaban J connectivity index is 0.829. The van der Waals surface area contributed by atoms with E-state index in [-0.39, 0.29) is 13.7 Å². The average Bonchev–Trinajstić information content (AvgIpc) is 1.62. The molecule has 0 amide bonds. The first-order valence-corrected chi connectivity index (χ1v) is 42.0. The van der Waals surface area contributed by atoms with Crippen molar-refractivity contribution in [3.05, 3.63) is 443 Å². The summed E-state index contributed by atoms with van der Waals surface area (Å²) in [6, 6.07) is 167. The Morgan fingerprint density at radius 2 is 0.455 bits per heavy atom. The van der Waals surface area contributed by atoms with Gasteiger partial charge in [0.2, 0.25) is 0 Å². The van der Waals surface area contributed by atoms with Crippen molar-refractivity contribution >= 4 is 119 Å². The molecule has 0 radical (unpaired) electrons. The minimum Gasteiger partial charge on any atom is -0.444 e. The fourth-order valence-electron chi connectivity index (χ4n) is 20.9. The number of rotatable bonds is 14. The van der Waals surface area contributed by atoms with Crippen molar-refractivity contribution in [1.29, 1.82) is 0 Å². The molecule has 0 saturated heterocycles. The molecular weight excluding hydrogens is 1460 g/mol. The van der Waals surface area contributed by atoms with E-state index < -0.39 is 0 Å². The van der Waals surface area contributed by atoms with E-state index in [1.807, 2.05) is 0 Å². The average molecular weight is 1530 g/mol. The minimum atomic E-state index is -0.291. The summed E-state index contributed by atoms with van der Waals surface area (Å²) in [6.45, 7) is -0.582. The normalized spacial score (nSPS) is 12.4. The molecule has 0 fully saturated rings. The standard InChI is InChI=1S/C114H73B2N5/c1-9-34-74(35-10-1)82-64-83(75-36-11-2-12-37-75)67-86(66-82)117(110-90(78-42-17-5-18-43-78)52-29-53-91(110)79-44-19-6-20-45-79)88-70-100-98-56-31-57-99-101-71-89(118(87-68-84(76-38-13-3-14-39-76)65-85(69-87)77-40-15-4-16-41-77)111-92(80-46-21-7-22-47-80)54-30-55-93(111)81-48-23-8-24-49-81)73-107-109(101)116(103-61-33-59-97-95-51-26-28-63-105(95)120(107)114(97)103)121(112(98)99)115-102-60-32-58-96-94-50-25-27-62-104(94)119(113(96)102)106(72-88)108(100)115/h1-73H. The highest BCUT2D eigenvalue weighted by Gasteiger charge is 2.53. The van der Waals surface area contributed by atoms with Gasteiger partial charge in [0.15, 0.2) is 0 Å². The summed E-state index contributed by atoms with van der Waals surface area (Å²) < 4.78 is 8.23. The van der Waals surface area contributed by atoms with Crippen molar-refractivity contribution < 1.29 is 0 Å². The third-order valence-corrected chi connectivity index (χ3v) is 25.9. The Morgan fingerprint density at radius 3 is 0.777 bits per heavy atom. The van der Waals surface area contributed by atoms with Crippen LogP contribution in [0.15, 0.2) is 443 Å². The van der Waals surface area contributed by atoms with Crippen LogP contribution in [0.4, 0.5) is 39.8 Å². The number of hydrogen-bond acceptors (Lipinski definition) is 3. The van der Waals surface area contributed by atoms with Crippen LogP contribution in [0.1, 0.15) is 0 Å². The van der Waals surface area contributed by atoms with Gasteiger partial charge in [-0.1, -0.05) is 370 Å². The van der Waals surface area contributed by atoms with E-state index in [0.717, 1.165) is 135 Å². The lowest BCUT2D eigenvalue weighted by Gasteiger charge is -2.50.